The summed E-state index contributed by atoms with van der Waals surface area (Å²) in [5, 5.41) is 0. The van der Waals surface area contributed by atoms with E-state index in [0.717, 1.165) is 5.92 Å². The summed E-state index contributed by atoms with van der Waals surface area (Å²) >= 11 is 0. The van der Waals surface area contributed by atoms with E-state index in [0.29, 0.717) is 11.1 Å². The van der Waals surface area contributed by atoms with E-state index in [4.69, 9.17) is 0 Å². The molecule has 0 amide bonds. The van der Waals surface area contributed by atoms with Crippen molar-refractivity contribution in [1.29, 1.82) is 0 Å². The van der Waals surface area contributed by atoms with Gasteiger partial charge in [-0.05, 0) is 46.1 Å². The lowest BCUT2D eigenvalue weighted by atomic mass is 9.77. The minimum absolute atomic E-state index is 0.523. The molecule has 2 heterocycles. The zero-order valence-electron chi connectivity index (χ0n) is 8.15. The fourth-order valence-electron chi connectivity index (χ4n) is 3.17. The van der Waals surface area contributed by atoms with Crippen molar-refractivity contribution in [3.63, 3.8) is 0 Å². The van der Waals surface area contributed by atoms with Crippen LogP contribution >= 0.6 is 0 Å². The molecule has 0 aliphatic carbocycles. The van der Waals surface area contributed by atoms with Crippen molar-refractivity contribution in [1.82, 2.24) is 4.90 Å². The number of fused-ring (bicyclic) bond motifs is 2. The Bertz CT molecular complexity index is 189. The Hall–Kier alpha value is -0.0400. The first-order valence-corrected chi connectivity index (χ1v) is 4.73. The second-order valence-corrected chi connectivity index (χ2v) is 5.02. The van der Waals surface area contributed by atoms with Crippen molar-refractivity contribution in [3.05, 3.63) is 0 Å². The molecular weight excluding hydrogens is 134 g/mol. The fraction of sp³-hybridized carbons (Fsp3) is 1.00. The highest BCUT2D eigenvalue weighted by Gasteiger charge is 2.57. The van der Waals surface area contributed by atoms with Crippen LogP contribution in [0.15, 0.2) is 0 Å². The van der Waals surface area contributed by atoms with Crippen LogP contribution in [0.1, 0.15) is 40.0 Å². The van der Waals surface area contributed by atoms with E-state index in [1.165, 1.54) is 19.3 Å². The summed E-state index contributed by atoms with van der Waals surface area (Å²) in [5.74, 6) is 0.895. The second-order valence-electron chi connectivity index (χ2n) is 5.02. The minimum Gasteiger partial charge on any atom is -0.295 e. The molecule has 2 aliphatic rings. The van der Waals surface area contributed by atoms with Gasteiger partial charge in [0.15, 0.2) is 0 Å². The highest BCUT2D eigenvalue weighted by atomic mass is 15.3. The molecule has 0 radical (unpaired) electrons. The molecule has 0 saturated carbocycles. The zero-order valence-corrected chi connectivity index (χ0v) is 8.15. The topological polar surface area (TPSA) is 3.24 Å². The summed E-state index contributed by atoms with van der Waals surface area (Å²) in [6.07, 6.45) is 4.21. The monoisotopic (exact) mass is 153 g/mol. The SMILES string of the molecule is CC1CC2(C)CCC1(C)N2C. The third kappa shape index (κ3) is 0.703. The predicted octanol–water partition coefficient (Wildman–Crippen LogP) is 2.27. The minimum atomic E-state index is 0.523. The van der Waals surface area contributed by atoms with E-state index in [1.807, 2.05) is 0 Å². The second kappa shape index (κ2) is 1.82. The van der Waals surface area contributed by atoms with Gasteiger partial charge in [-0.1, -0.05) is 6.92 Å². The van der Waals surface area contributed by atoms with Crippen LogP contribution in [-0.4, -0.2) is 23.0 Å². The highest BCUT2D eigenvalue weighted by molar-refractivity contribution is 5.13. The molecule has 2 rings (SSSR count). The largest absolute Gasteiger partial charge is 0.295 e. The van der Waals surface area contributed by atoms with Crippen molar-refractivity contribution in [2.24, 2.45) is 5.92 Å². The third-order valence-electron chi connectivity index (χ3n) is 4.55. The van der Waals surface area contributed by atoms with E-state index >= 15 is 0 Å². The molecule has 3 atom stereocenters. The van der Waals surface area contributed by atoms with Crippen LogP contribution in [-0.2, 0) is 0 Å². The Morgan fingerprint density at radius 1 is 1.27 bits per heavy atom. The van der Waals surface area contributed by atoms with Crippen LogP contribution in [0.25, 0.3) is 0 Å². The molecule has 2 saturated heterocycles. The van der Waals surface area contributed by atoms with Gasteiger partial charge in [0.05, 0.1) is 0 Å². The van der Waals surface area contributed by atoms with E-state index in [1.54, 1.807) is 0 Å². The van der Waals surface area contributed by atoms with Gasteiger partial charge in [-0.2, -0.15) is 0 Å². The zero-order chi connectivity index (χ0) is 8.28. The lowest BCUT2D eigenvalue weighted by Crippen LogP contribution is -2.41. The Balaban J connectivity index is 2.37. The molecule has 3 unspecified atom stereocenters. The fourth-order valence-corrected chi connectivity index (χ4v) is 3.17. The van der Waals surface area contributed by atoms with Crippen LogP contribution in [0.2, 0.25) is 0 Å². The number of hydrogen-bond donors (Lipinski definition) is 0. The molecule has 64 valence electrons. The van der Waals surface area contributed by atoms with Crippen LogP contribution in [0, 0.1) is 5.92 Å². The van der Waals surface area contributed by atoms with Gasteiger partial charge >= 0.3 is 0 Å². The Labute approximate surface area is 69.8 Å². The summed E-state index contributed by atoms with van der Waals surface area (Å²) in [6, 6.07) is 0. The van der Waals surface area contributed by atoms with Crippen molar-refractivity contribution in [2.45, 2.75) is 51.1 Å². The number of hydrogen-bond acceptors (Lipinski definition) is 1. The molecule has 0 aromatic rings. The van der Waals surface area contributed by atoms with E-state index in [9.17, 15) is 0 Å². The van der Waals surface area contributed by atoms with Crippen molar-refractivity contribution in [2.75, 3.05) is 7.05 Å². The van der Waals surface area contributed by atoms with E-state index in [2.05, 4.69) is 32.7 Å². The summed E-state index contributed by atoms with van der Waals surface area (Å²) in [5.41, 5.74) is 1.06. The molecule has 11 heavy (non-hydrogen) atoms. The van der Waals surface area contributed by atoms with Gasteiger partial charge in [0, 0.05) is 11.1 Å². The quantitative estimate of drug-likeness (QED) is 0.516. The highest BCUT2D eigenvalue weighted by Crippen LogP contribution is 2.54. The molecule has 0 aromatic carbocycles. The predicted molar refractivity (Wildman–Crippen MR) is 47.6 cm³/mol. The first-order valence-electron chi connectivity index (χ1n) is 4.73. The normalized spacial score (nSPS) is 57.3. The van der Waals surface area contributed by atoms with Gasteiger partial charge in [0.25, 0.3) is 0 Å². The van der Waals surface area contributed by atoms with Crippen LogP contribution in [0.3, 0.4) is 0 Å². The molecule has 0 aromatic heterocycles. The van der Waals surface area contributed by atoms with Gasteiger partial charge in [-0.3, -0.25) is 4.90 Å². The molecule has 1 nitrogen and oxygen atoms in total. The van der Waals surface area contributed by atoms with Gasteiger partial charge in [-0.15, -0.1) is 0 Å². The molecule has 0 N–H and O–H groups in total. The molecule has 2 bridgehead atoms. The van der Waals surface area contributed by atoms with Gasteiger partial charge in [0.1, 0.15) is 0 Å². The molecule has 2 aliphatic heterocycles. The Morgan fingerprint density at radius 2 is 1.91 bits per heavy atom. The lowest BCUT2D eigenvalue weighted by Gasteiger charge is -2.32. The van der Waals surface area contributed by atoms with Crippen molar-refractivity contribution in [3.8, 4) is 0 Å². The maximum Gasteiger partial charge on any atom is 0.0210 e. The van der Waals surface area contributed by atoms with Crippen molar-refractivity contribution >= 4 is 0 Å². The molecule has 2 fully saturated rings. The Morgan fingerprint density at radius 3 is 2.09 bits per heavy atom. The van der Waals surface area contributed by atoms with Gasteiger partial charge in [0.2, 0.25) is 0 Å². The summed E-state index contributed by atoms with van der Waals surface area (Å²) in [4.78, 5) is 2.62. The van der Waals surface area contributed by atoms with Crippen LogP contribution in [0.4, 0.5) is 0 Å². The average molecular weight is 153 g/mol. The first-order chi connectivity index (χ1) is 4.99. The van der Waals surface area contributed by atoms with E-state index in [-0.39, 0.29) is 0 Å². The summed E-state index contributed by atoms with van der Waals surface area (Å²) < 4.78 is 0. The van der Waals surface area contributed by atoms with Gasteiger partial charge < -0.3 is 0 Å². The molecule has 0 spiro atoms. The van der Waals surface area contributed by atoms with Gasteiger partial charge in [-0.25, -0.2) is 0 Å². The number of nitrogens with zero attached hydrogens (tertiary/aromatic N) is 1. The third-order valence-corrected chi connectivity index (χ3v) is 4.55. The molecule has 1 heteroatoms. The molecular formula is C10H19N. The first kappa shape index (κ1) is 7.60. The summed E-state index contributed by atoms with van der Waals surface area (Å²) in [7, 11) is 2.30. The standard InChI is InChI=1S/C10H19N/c1-8-7-9(2)5-6-10(8,3)11(9)4/h8H,5-7H2,1-4H3. The smallest absolute Gasteiger partial charge is 0.0210 e. The maximum absolute atomic E-state index is 2.62. The van der Waals surface area contributed by atoms with Crippen molar-refractivity contribution < 1.29 is 0 Å². The average Bonchev–Trinajstić information content (AvgIpc) is 2.23. The lowest BCUT2D eigenvalue weighted by molar-refractivity contribution is 0.146. The van der Waals surface area contributed by atoms with Crippen LogP contribution < -0.4 is 0 Å². The number of rotatable bonds is 0. The summed E-state index contributed by atoms with van der Waals surface area (Å²) in [6.45, 7) is 7.25. The van der Waals surface area contributed by atoms with Crippen LogP contribution in [0.5, 0.6) is 0 Å². The Kier molecular flexibility index (Phi) is 1.26. The van der Waals surface area contributed by atoms with E-state index < -0.39 is 0 Å². The maximum atomic E-state index is 2.62.